The van der Waals surface area contributed by atoms with Gasteiger partial charge >= 0.3 is 0 Å². The van der Waals surface area contributed by atoms with Crippen LogP contribution in [-0.4, -0.2) is 51.2 Å². The Bertz CT molecular complexity index is 1490. The number of hydrogen-bond acceptors (Lipinski definition) is 5. The van der Waals surface area contributed by atoms with E-state index in [1.807, 2.05) is 13.0 Å². The number of carbonyl (C=O) groups excluding carboxylic acids is 2. The number of halogens is 3. The molecule has 4 rings (SSSR count). The molecule has 0 unspecified atom stereocenters. The molecule has 1 aliphatic rings. The van der Waals surface area contributed by atoms with E-state index in [2.05, 4.69) is 20.7 Å². The van der Waals surface area contributed by atoms with Crippen molar-refractivity contribution in [2.45, 2.75) is 18.7 Å². The summed E-state index contributed by atoms with van der Waals surface area (Å²) in [5, 5.41) is 0.133. The first-order valence-corrected chi connectivity index (χ1v) is 14.0. The second-order valence-electron chi connectivity index (χ2n) is 8.73. The predicted octanol–water partition coefficient (Wildman–Crippen LogP) is 5.52. The molecule has 3 aromatic rings. The van der Waals surface area contributed by atoms with Crippen LogP contribution in [0, 0.1) is 12.7 Å². The van der Waals surface area contributed by atoms with Crippen molar-refractivity contribution in [1.82, 2.24) is 4.90 Å². The van der Waals surface area contributed by atoms with Crippen LogP contribution >= 0.6 is 27.5 Å². The van der Waals surface area contributed by atoms with Gasteiger partial charge in [0, 0.05) is 36.2 Å². The first-order valence-electron chi connectivity index (χ1n) is 11.4. The lowest BCUT2D eigenvalue weighted by molar-refractivity contribution is 0.0746. The van der Waals surface area contributed by atoms with E-state index in [4.69, 9.17) is 11.6 Å². The number of amides is 1. The monoisotopic (exact) mass is 607 g/mol. The zero-order valence-electron chi connectivity index (χ0n) is 20.1. The van der Waals surface area contributed by atoms with Gasteiger partial charge in [0.05, 0.1) is 26.9 Å². The van der Waals surface area contributed by atoms with Gasteiger partial charge in [0.2, 0.25) is 0 Å². The van der Waals surface area contributed by atoms with Gasteiger partial charge in [0.1, 0.15) is 5.82 Å². The molecule has 3 aromatic carbocycles. The van der Waals surface area contributed by atoms with Crippen LogP contribution in [0.2, 0.25) is 5.02 Å². The molecule has 7 nitrogen and oxygen atoms in total. The summed E-state index contributed by atoms with van der Waals surface area (Å²) in [4.78, 5) is 28.0. The minimum atomic E-state index is -4.00. The third kappa shape index (κ3) is 5.97. The van der Waals surface area contributed by atoms with Gasteiger partial charge in [0.25, 0.3) is 15.9 Å². The molecule has 1 saturated heterocycles. The molecule has 1 amide bonds. The number of aryl methyl sites for hydroxylation is 1. The molecule has 0 saturated carbocycles. The Morgan fingerprint density at radius 1 is 1.00 bits per heavy atom. The lowest BCUT2D eigenvalue weighted by Crippen LogP contribution is -2.49. The number of benzene rings is 3. The Labute approximate surface area is 228 Å². The smallest absolute Gasteiger partial charge is 0.261 e. The number of sulfonamides is 1. The Morgan fingerprint density at radius 2 is 1.70 bits per heavy atom. The topological polar surface area (TPSA) is 86.8 Å². The first-order chi connectivity index (χ1) is 17.5. The van der Waals surface area contributed by atoms with Crippen molar-refractivity contribution < 1.29 is 22.4 Å². The van der Waals surface area contributed by atoms with Gasteiger partial charge in [-0.25, -0.2) is 12.8 Å². The Kier molecular flexibility index (Phi) is 7.91. The van der Waals surface area contributed by atoms with E-state index in [9.17, 15) is 22.4 Å². The summed E-state index contributed by atoms with van der Waals surface area (Å²) in [6.45, 7) is 4.52. The van der Waals surface area contributed by atoms with E-state index in [1.165, 1.54) is 31.2 Å². The summed E-state index contributed by atoms with van der Waals surface area (Å²) >= 11 is 9.64. The highest BCUT2D eigenvalue weighted by Gasteiger charge is 2.27. The molecule has 0 aliphatic carbocycles. The van der Waals surface area contributed by atoms with Crippen LogP contribution in [0.3, 0.4) is 0 Å². The minimum Gasteiger partial charge on any atom is -0.366 e. The molecule has 0 radical (unpaired) electrons. The molecular weight excluding hydrogens is 585 g/mol. The summed E-state index contributed by atoms with van der Waals surface area (Å²) < 4.78 is 43.8. The molecule has 1 heterocycles. The van der Waals surface area contributed by atoms with Gasteiger partial charge in [-0.05, 0) is 83.9 Å². The highest BCUT2D eigenvalue weighted by Crippen LogP contribution is 2.29. The van der Waals surface area contributed by atoms with Crippen molar-refractivity contribution in [3.8, 4) is 0 Å². The average Bonchev–Trinajstić information content (AvgIpc) is 2.86. The van der Waals surface area contributed by atoms with Crippen molar-refractivity contribution in [3.05, 3.63) is 86.6 Å². The van der Waals surface area contributed by atoms with Crippen LogP contribution in [0.4, 0.5) is 15.8 Å². The number of nitrogens with zero attached hydrogens (tertiary/aromatic N) is 2. The van der Waals surface area contributed by atoms with E-state index in [-0.39, 0.29) is 34.4 Å². The van der Waals surface area contributed by atoms with Crippen LogP contribution in [-0.2, 0) is 10.0 Å². The van der Waals surface area contributed by atoms with E-state index in [0.29, 0.717) is 34.5 Å². The van der Waals surface area contributed by atoms with Crippen LogP contribution in [0.5, 0.6) is 0 Å². The molecule has 11 heteroatoms. The van der Waals surface area contributed by atoms with Crippen LogP contribution in [0.1, 0.15) is 33.2 Å². The van der Waals surface area contributed by atoms with Crippen molar-refractivity contribution in [1.29, 1.82) is 0 Å². The minimum absolute atomic E-state index is 0.0679. The lowest BCUT2D eigenvalue weighted by atomic mass is 10.1. The highest BCUT2D eigenvalue weighted by atomic mass is 79.9. The molecule has 1 fully saturated rings. The molecule has 1 N–H and O–H groups in total. The van der Waals surface area contributed by atoms with Crippen molar-refractivity contribution in [2.24, 2.45) is 0 Å². The molecular formula is C26H24BrClFN3O4S. The maximum atomic E-state index is 14.6. The maximum Gasteiger partial charge on any atom is 0.261 e. The third-order valence-electron chi connectivity index (χ3n) is 6.11. The number of anilines is 2. The summed E-state index contributed by atoms with van der Waals surface area (Å²) in [5.41, 5.74) is 1.97. The molecule has 0 atom stereocenters. The quantitative estimate of drug-likeness (QED) is 0.373. The normalized spacial score (nSPS) is 14.0. The number of Topliss-reactive ketones (excluding diaryl/α,β-unsaturated/α-hetero) is 1. The predicted molar refractivity (Wildman–Crippen MR) is 146 cm³/mol. The van der Waals surface area contributed by atoms with Crippen molar-refractivity contribution >= 4 is 60.6 Å². The number of carbonyl (C=O) groups is 2. The van der Waals surface area contributed by atoms with Crippen LogP contribution < -0.4 is 9.62 Å². The van der Waals surface area contributed by atoms with Crippen LogP contribution in [0.25, 0.3) is 0 Å². The largest absolute Gasteiger partial charge is 0.366 e. The zero-order valence-corrected chi connectivity index (χ0v) is 23.3. The molecule has 1 aliphatic heterocycles. The maximum absolute atomic E-state index is 14.6. The van der Waals surface area contributed by atoms with Gasteiger partial charge < -0.3 is 9.80 Å². The van der Waals surface area contributed by atoms with Gasteiger partial charge in [-0.1, -0.05) is 17.7 Å². The van der Waals surface area contributed by atoms with Crippen LogP contribution in [0.15, 0.2) is 64.0 Å². The summed E-state index contributed by atoms with van der Waals surface area (Å²) in [6, 6.07) is 13.6. The van der Waals surface area contributed by atoms with Crippen molar-refractivity contribution in [3.63, 3.8) is 0 Å². The Balaban J connectivity index is 1.50. The van der Waals surface area contributed by atoms with E-state index in [1.54, 1.807) is 34.1 Å². The van der Waals surface area contributed by atoms with E-state index < -0.39 is 21.7 Å². The van der Waals surface area contributed by atoms with Crippen molar-refractivity contribution in [2.75, 3.05) is 35.8 Å². The number of rotatable bonds is 6. The van der Waals surface area contributed by atoms with Gasteiger partial charge in [-0.2, -0.15) is 0 Å². The average molecular weight is 609 g/mol. The zero-order chi connectivity index (χ0) is 26.9. The molecule has 37 heavy (non-hydrogen) atoms. The summed E-state index contributed by atoms with van der Waals surface area (Å²) in [7, 11) is -4.00. The summed E-state index contributed by atoms with van der Waals surface area (Å²) in [6.07, 6.45) is 0. The SMILES string of the molecule is CC(=O)c1ccc(N2CCN(C(=O)c3cc(S(=O)(=O)Nc4cc(C)ccc4Br)ccc3Cl)CC2)c(F)c1. The molecule has 194 valence electrons. The van der Waals surface area contributed by atoms with Gasteiger partial charge in [0.15, 0.2) is 5.78 Å². The Morgan fingerprint density at radius 3 is 2.35 bits per heavy atom. The molecule has 0 bridgehead atoms. The van der Waals surface area contributed by atoms with Gasteiger partial charge in [-0.3, -0.25) is 14.3 Å². The number of hydrogen-bond donors (Lipinski definition) is 1. The molecule has 0 spiro atoms. The fourth-order valence-corrected chi connectivity index (χ4v) is 5.83. The Hall–Kier alpha value is -2.95. The standard InChI is InChI=1S/C26H24BrClFN3O4S/c1-16-3-6-21(27)24(13-16)30-37(35,36)19-5-7-22(28)20(15-19)26(34)32-11-9-31(10-12-32)25-8-4-18(17(2)33)14-23(25)29/h3-8,13-15,30H,9-12H2,1-2H3. The molecule has 0 aromatic heterocycles. The second kappa shape index (κ2) is 10.8. The van der Waals surface area contributed by atoms with Gasteiger partial charge in [-0.15, -0.1) is 0 Å². The second-order valence-corrected chi connectivity index (χ2v) is 11.7. The fraction of sp³-hybridized carbons (Fsp3) is 0.231. The van der Waals surface area contributed by atoms with E-state index in [0.717, 1.165) is 5.56 Å². The first kappa shape index (κ1) is 27.1. The van der Waals surface area contributed by atoms with E-state index >= 15 is 0 Å². The summed E-state index contributed by atoms with van der Waals surface area (Å²) in [5.74, 6) is -1.13. The number of nitrogens with one attached hydrogen (secondary N) is 1. The number of piperazine rings is 1. The highest BCUT2D eigenvalue weighted by molar-refractivity contribution is 9.10. The lowest BCUT2D eigenvalue weighted by Gasteiger charge is -2.36. The number of ketones is 1. The fourth-order valence-electron chi connectivity index (χ4n) is 4.06. The third-order valence-corrected chi connectivity index (χ3v) is 8.49.